The number of hydrogen-bond acceptors (Lipinski definition) is 3. The second-order valence-electron chi connectivity index (χ2n) is 19.2. The summed E-state index contributed by atoms with van der Waals surface area (Å²) in [5.41, 5.74) is 14.6. The SMILES string of the molecule is c1ccc(-c2nc(-n3c4cc(-c5cccc6oc7ccc(-c8ccc9c(c8)c8c%10ccccc%10ccc8n9-c8ccccc8)cc7c56)ccc4c4c5ccccc5c5ccccc5c43)nc3ccccc23)cc1. The van der Waals surface area contributed by atoms with Gasteiger partial charge in [-0.15, -0.1) is 0 Å². The van der Waals surface area contributed by atoms with E-state index >= 15 is 0 Å². The van der Waals surface area contributed by atoms with Crippen molar-refractivity contribution in [2.75, 3.05) is 0 Å². The van der Waals surface area contributed by atoms with Gasteiger partial charge in [0.1, 0.15) is 11.2 Å². The lowest BCUT2D eigenvalue weighted by Crippen LogP contribution is -2.04. The number of furan rings is 1. The van der Waals surface area contributed by atoms with Crippen molar-refractivity contribution in [2.24, 2.45) is 0 Å². The fraction of sp³-hybridized carbons (Fsp3) is 0. The highest BCUT2D eigenvalue weighted by Crippen LogP contribution is 2.46. The van der Waals surface area contributed by atoms with Crippen molar-refractivity contribution in [3.63, 3.8) is 0 Å². The number of hydrogen-bond donors (Lipinski definition) is 0. The van der Waals surface area contributed by atoms with Crippen molar-refractivity contribution in [3.8, 4) is 45.1 Å². The van der Waals surface area contributed by atoms with Gasteiger partial charge in [-0.05, 0) is 110 Å². The Balaban J connectivity index is 0.940. The number of fused-ring (bicyclic) bond motifs is 17. The molecule has 0 unspecified atom stereocenters. The summed E-state index contributed by atoms with van der Waals surface area (Å²) in [6.07, 6.45) is 0. The zero-order valence-electron chi connectivity index (χ0n) is 39.3. The van der Waals surface area contributed by atoms with Crippen LogP contribution in [0, 0.1) is 0 Å². The maximum absolute atomic E-state index is 6.73. The third-order valence-corrected chi connectivity index (χ3v) is 15.3. The zero-order chi connectivity index (χ0) is 47.7. The van der Waals surface area contributed by atoms with Crippen molar-refractivity contribution >= 4 is 109 Å². The highest BCUT2D eigenvalue weighted by molar-refractivity contribution is 6.32. The first-order valence-corrected chi connectivity index (χ1v) is 24.9. The van der Waals surface area contributed by atoms with E-state index in [4.69, 9.17) is 14.4 Å². The van der Waals surface area contributed by atoms with Gasteiger partial charge >= 0.3 is 0 Å². The second-order valence-corrected chi connectivity index (χ2v) is 19.2. The molecule has 0 saturated heterocycles. The summed E-state index contributed by atoms with van der Waals surface area (Å²) in [6, 6.07) is 87.3. The molecule has 0 radical (unpaired) electrons. The largest absolute Gasteiger partial charge is 0.456 e. The van der Waals surface area contributed by atoms with Gasteiger partial charge in [0.2, 0.25) is 5.95 Å². The molecule has 4 heterocycles. The number of nitrogens with zero attached hydrogens (tertiary/aromatic N) is 4. The molecule has 0 aliphatic rings. The van der Waals surface area contributed by atoms with Crippen LogP contribution in [-0.4, -0.2) is 19.1 Å². The summed E-state index contributed by atoms with van der Waals surface area (Å²) in [6.45, 7) is 0. The zero-order valence-corrected chi connectivity index (χ0v) is 39.3. The Morgan fingerprint density at radius 2 is 0.973 bits per heavy atom. The third kappa shape index (κ3) is 5.85. The smallest absolute Gasteiger partial charge is 0.235 e. The van der Waals surface area contributed by atoms with Crippen LogP contribution in [0.3, 0.4) is 0 Å². The average Bonchev–Trinajstić information content (AvgIpc) is 4.13. The van der Waals surface area contributed by atoms with Crippen LogP contribution in [0.5, 0.6) is 0 Å². The minimum absolute atomic E-state index is 0.628. The highest BCUT2D eigenvalue weighted by atomic mass is 16.3. The molecule has 0 amide bonds. The fourth-order valence-electron chi connectivity index (χ4n) is 12.1. The molecule has 338 valence electrons. The van der Waals surface area contributed by atoms with Crippen LogP contribution >= 0.6 is 0 Å². The monoisotopic (exact) mass is 928 g/mol. The molecule has 0 fully saturated rings. The van der Waals surface area contributed by atoms with E-state index in [-0.39, 0.29) is 0 Å². The highest BCUT2D eigenvalue weighted by Gasteiger charge is 2.24. The maximum Gasteiger partial charge on any atom is 0.235 e. The minimum Gasteiger partial charge on any atom is -0.456 e. The van der Waals surface area contributed by atoms with E-state index in [0.717, 1.165) is 93.8 Å². The van der Waals surface area contributed by atoms with E-state index in [1.807, 2.05) is 0 Å². The molecule has 0 aliphatic heterocycles. The topological polar surface area (TPSA) is 48.8 Å². The van der Waals surface area contributed by atoms with Crippen molar-refractivity contribution in [1.29, 1.82) is 0 Å². The van der Waals surface area contributed by atoms with E-state index in [1.165, 1.54) is 54.1 Å². The third-order valence-electron chi connectivity index (χ3n) is 15.3. The molecule has 16 aromatic rings. The minimum atomic E-state index is 0.628. The van der Waals surface area contributed by atoms with Gasteiger partial charge in [0.05, 0.1) is 33.3 Å². The molecule has 0 saturated carbocycles. The van der Waals surface area contributed by atoms with Gasteiger partial charge in [-0.3, -0.25) is 4.57 Å². The van der Waals surface area contributed by atoms with Crippen molar-refractivity contribution < 1.29 is 4.42 Å². The molecule has 0 bridgehead atoms. The first-order chi connectivity index (χ1) is 36.2. The second kappa shape index (κ2) is 15.3. The molecule has 12 aromatic carbocycles. The van der Waals surface area contributed by atoms with Gasteiger partial charge in [0.25, 0.3) is 0 Å². The quantitative estimate of drug-likeness (QED) is 0.162. The Morgan fingerprint density at radius 3 is 1.81 bits per heavy atom. The fourth-order valence-corrected chi connectivity index (χ4v) is 12.1. The van der Waals surface area contributed by atoms with Crippen LogP contribution in [0.4, 0.5) is 0 Å². The van der Waals surface area contributed by atoms with E-state index in [9.17, 15) is 0 Å². The number of rotatable bonds is 5. The predicted octanol–water partition coefficient (Wildman–Crippen LogP) is 18.2. The van der Waals surface area contributed by atoms with Gasteiger partial charge in [0, 0.05) is 54.3 Å². The summed E-state index contributed by atoms with van der Waals surface area (Å²) in [5.74, 6) is 0.628. The van der Waals surface area contributed by atoms with Crippen LogP contribution < -0.4 is 0 Å². The lowest BCUT2D eigenvalue weighted by molar-refractivity contribution is 0.669. The molecule has 16 rings (SSSR count). The Morgan fingerprint density at radius 1 is 0.315 bits per heavy atom. The molecular formula is C68H40N4O. The van der Waals surface area contributed by atoms with Crippen LogP contribution in [0.1, 0.15) is 0 Å². The van der Waals surface area contributed by atoms with E-state index in [0.29, 0.717) is 5.95 Å². The van der Waals surface area contributed by atoms with Crippen LogP contribution in [-0.2, 0) is 0 Å². The van der Waals surface area contributed by atoms with E-state index in [1.54, 1.807) is 0 Å². The lowest BCUT2D eigenvalue weighted by Gasteiger charge is -2.14. The molecule has 0 spiro atoms. The Labute approximate surface area is 418 Å². The predicted molar refractivity (Wildman–Crippen MR) is 304 cm³/mol. The standard InChI is InChI=1S/C68H40N4O/c1-3-17-42(18-4-1)66-53-26-13-14-28-57(53)69-68(70-66)72-60-40-45(30-34-54(60)65-51-24-11-9-22-49(51)50-23-10-12-25-52(50)67(65)72)48-27-15-29-62-64(48)56-39-44(33-37-61(56)73-62)43-32-35-58-55(38-43)63-47-21-8-7-16-41(47)31-36-59(63)71(58)46-19-5-2-6-20-46/h1-40H. The summed E-state index contributed by atoms with van der Waals surface area (Å²) in [7, 11) is 0. The summed E-state index contributed by atoms with van der Waals surface area (Å²) >= 11 is 0. The Bertz CT molecular complexity index is 4970. The molecule has 5 nitrogen and oxygen atoms in total. The Kier molecular flexibility index (Phi) is 8.39. The van der Waals surface area contributed by atoms with Gasteiger partial charge < -0.3 is 8.98 Å². The normalized spacial score (nSPS) is 12.1. The first kappa shape index (κ1) is 39.9. The molecule has 73 heavy (non-hydrogen) atoms. The molecule has 4 aromatic heterocycles. The summed E-state index contributed by atoms with van der Waals surface area (Å²) in [4.78, 5) is 10.9. The Hall–Kier alpha value is -9.84. The van der Waals surface area contributed by atoms with Crippen molar-refractivity contribution in [2.45, 2.75) is 0 Å². The maximum atomic E-state index is 6.73. The number of aromatic nitrogens is 4. The number of para-hydroxylation sites is 2. The van der Waals surface area contributed by atoms with E-state index in [2.05, 4.69) is 252 Å². The average molecular weight is 929 g/mol. The number of benzene rings is 12. The lowest BCUT2D eigenvalue weighted by atomic mass is 9.95. The van der Waals surface area contributed by atoms with Crippen LogP contribution in [0.15, 0.2) is 247 Å². The molecule has 0 atom stereocenters. The van der Waals surface area contributed by atoms with E-state index < -0.39 is 0 Å². The van der Waals surface area contributed by atoms with Crippen molar-refractivity contribution in [3.05, 3.63) is 243 Å². The van der Waals surface area contributed by atoms with Gasteiger partial charge in [-0.2, -0.15) is 0 Å². The van der Waals surface area contributed by atoms with Crippen molar-refractivity contribution in [1.82, 2.24) is 19.1 Å². The molecule has 0 aliphatic carbocycles. The first-order valence-electron chi connectivity index (χ1n) is 24.9. The molecule has 0 N–H and O–H groups in total. The van der Waals surface area contributed by atoms with Gasteiger partial charge in [0.15, 0.2) is 0 Å². The van der Waals surface area contributed by atoms with Gasteiger partial charge in [-0.25, -0.2) is 9.97 Å². The van der Waals surface area contributed by atoms with Gasteiger partial charge in [-0.1, -0.05) is 182 Å². The molecule has 5 heteroatoms. The summed E-state index contributed by atoms with van der Waals surface area (Å²) in [5, 5.41) is 15.2. The van der Waals surface area contributed by atoms with Crippen LogP contribution in [0.25, 0.3) is 154 Å². The van der Waals surface area contributed by atoms with Crippen LogP contribution in [0.2, 0.25) is 0 Å². The molecular weight excluding hydrogens is 889 g/mol. The summed E-state index contributed by atoms with van der Waals surface area (Å²) < 4.78 is 11.4.